The molecule has 10 rings (SSSR count). The van der Waals surface area contributed by atoms with Crippen LogP contribution in [0.2, 0.25) is 0 Å². The normalized spacial score (nSPS) is 12.7. The van der Waals surface area contributed by atoms with Crippen molar-refractivity contribution >= 4 is 65.4 Å². The Balaban J connectivity index is 1.25. The summed E-state index contributed by atoms with van der Waals surface area (Å²) in [6.07, 6.45) is 0. The van der Waals surface area contributed by atoms with Crippen LogP contribution in [0.25, 0.3) is 82.2 Å². The smallest absolute Gasteiger partial charge is 0.0716 e. The largest absolute Gasteiger partial charge is 0.309 e. The molecule has 0 radical (unpaired) electrons. The van der Waals surface area contributed by atoms with Crippen molar-refractivity contribution in [1.82, 2.24) is 13.9 Å². The van der Waals surface area contributed by atoms with Gasteiger partial charge in [0.05, 0.1) is 33.1 Å². The standard InChI is InChI=1S/C50H43N3/c1-49(2,3)34-22-26-44-41(30-34)39-28-32(20-24-43(39)51(44)36-14-8-7-9-15-36)33-21-25-47-40(29-33)42-31-35(50(4,5)6)23-27-48(42)53(47)52-45-18-12-10-16-37(45)38-17-11-13-19-46(38)52/h7-31H,1-6H3. The lowest BCUT2D eigenvalue weighted by Gasteiger charge is -2.19. The molecule has 0 aliphatic heterocycles. The molecule has 3 heterocycles. The van der Waals surface area contributed by atoms with E-state index in [0.717, 1.165) is 0 Å². The molecule has 0 saturated heterocycles. The fourth-order valence-electron chi connectivity index (χ4n) is 8.51. The molecule has 0 aliphatic rings. The molecule has 0 amide bonds. The molecule has 0 saturated carbocycles. The Labute approximate surface area is 310 Å². The van der Waals surface area contributed by atoms with Gasteiger partial charge in [0.2, 0.25) is 0 Å². The summed E-state index contributed by atoms with van der Waals surface area (Å²) in [6.45, 7) is 13.8. The van der Waals surface area contributed by atoms with Crippen LogP contribution in [-0.2, 0) is 10.8 Å². The molecule has 3 heteroatoms. The average molecular weight is 686 g/mol. The van der Waals surface area contributed by atoms with E-state index in [1.807, 2.05) is 0 Å². The number of hydrogen-bond donors (Lipinski definition) is 0. The topological polar surface area (TPSA) is 14.8 Å². The fourth-order valence-corrected chi connectivity index (χ4v) is 8.51. The maximum absolute atomic E-state index is 2.44. The van der Waals surface area contributed by atoms with Gasteiger partial charge in [0.1, 0.15) is 0 Å². The molecule has 0 bridgehead atoms. The molecular weight excluding hydrogens is 643 g/mol. The van der Waals surface area contributed by atoms with E-state index in [1.165, 1.54) is 93.4 Å². The van der Waals surface area contributed by atoms with Crippen LogP contribution in [0.5, 0.6) is 0 Å². The lowest BCUT2D eigenvalue weighted by Crippen LogP contribution is -2.11. The van der Waals surface area contributed by atoms with E-state index >= 15 is 0 Å². The van der Waals surface area contributed by atoms with Crippen LogP contribution in [0.4, 0.5) is 0 Å². The average Bonchev–Trinajstić information content (AvgIpc) is 3.78. The molecule has 0 fully saturated rings. The van der Waals surface area contributed by atoms with Crippen molar-refractivity contribution in [3.63, 3.8) is 0 Å². The Morgan fingerprint density at radius 2 is 0.698 bits per heavy atom. The van der Waals surface area contributed by atoms with Crippen LogP contribution in [0.3, 0.4) is 0 Å². The summed E-state index contributed by atoms with van der Waals surface area (Å²) in [4.78, 5) is 0. The molecule has 0 spiro atoms. The minimum absolute atomic E-state index is 0.0248. The molecule has 10 aromatic rings. The van der Waals surface area contributed by atoms with Crippen LogP contribution in [0.15, 0.2) is 152 Å². The second-order valence-electron chi connectivity index (χ2n) is 16.8. The molecule has 258 valence electrons. The first-order valence-electron chi connectivity index (χ1n) is 18.8. The Kier molecular flexibility index (Phi) is 6.70. The Bertz CT molecular complexity index is 3010. The maximum atomic E-state index is 2.44. The molecule has 3 aromatic heterocycles. The minimum Gasteiger partial charge on any atom is -0.309 e. The van der Waals surface area contributed by atoms with Gasteiger partial charge in [0, 0.05) is 38.0 Å². The Hall–Kier alpha value is -6.06. The molecule has 0 aliphatic carbocycles. The van der Waals surface area contributed by atoms with Crippen LogP contribution in [0, 0.1) is 0 Å². The summed E-state index contributed by atoms with van der Waals surface area (Å²) < 4.78 is 7.27. The predicted molar refractivity (Wildman–Crippen MR) is 227 cm³/mol. The fraction of sp³-hybridized carbons (Fsp3) is 0.160. The second kappa shape index (κ2) is 11.2. The van der Waals surface area contributed by atoms with E-state index in [4.69, 9.17) is 0 Å². The molecule has 53 heavy (non-hydrogen) atoms. The first-order valence-corrected chi connectivity index (χ1v) is 18.8. The summed E-state index contributed by atoms with van der Waals surface area (Å²) in [7, 11) is 0. The molecular formula is C50H43N3. The van der Waals surface area contributed by atoms with E-state index in [-0.39, 0.29) is 10.8 Å². The molecule has 0 unspecified atom stereocenters. The van der Waals surface area contributed by atoms with Gasteiger partial charge in [-0.2, -0.15) is 0 Å². The number of benzene rings is 7. The van der Waals surface area contributed by atoms with Crippen LogP contribution in [0.1, 0.15) is 52.7 Å². The van der Waals surface area contributed by atoms with Gasteiger partial charge in [-0.05, 0) is 106 Å². The number of aromatic nitrogens is 3. The summed E-state index contributed by atoms with van der Waals surface area (Å²) in [5.41, 5.74) is 13.6. The van der Waals surface area contributed by atoms with Gasteiger partial charge >= 0.3 is 0 Å². The molecule has 0 atom stereocenters. The quantitative estimate of drug-likeness (QED) is 0.176. The van der Waals surface area contributed by atoms with E-state index in [0.29, 0.717) is 0 Å². The summed E-state index contributed by atoms with van der Waals surface area (Å²) in [5.74, 6) is 0. The Morgan fingerprint density at radius 1 is 0.321 bits per heavy atom. The maximum Gasteiger partial charge on any atom is 0.0716 e. The van der Waals surface area contributed by atoms with E-state index < -0.39 is 0 Å². The molecule has 3 nitrogen and oxygen atoms in total. The molecule has 0 N–H and O–H groups in total. The third kappa shape index (κ3) is 4.80. The number of nitrogens with zero attached hydrogens (tertiary/aromatic N) is 3. The zero-order valence-corrected chi connectivity index (χ0v) is 31.3. The van der Waals surface area contributed by atoms with Crippen LogP contribution < -0.4 is 0 Å². The second-order valence-corrected chi connectivity index (χ2v) is 16.8. The zero-order valence-electron chi connectivity index (χ0n) is 31.3. The summed E-state index contributed by atoms with van der Waals surface area (Å²) in [6, 6.07) is 56.5. The highest BCUT2D eigenvalue weighted by Crippen LogP contribution is 2.41. The highest BCUT2D eigenvalue weighted by molar-refractivity contribution is 6.14. The molecule has 7 aromatic carbocycles. The minimum atomic E-state index is 0.0248. The number of hydrogen-bond acceptors (Lipinski definition) is 0. The lowest BCUT2D eigenvalue weighted by molar-refractivity contribution is 0.591. The van der Waals surface area contributed by atoms with Gasteiger partial charge in [0.15, 0.2) is 0 Å². The number of fused-ring (bicyclic) bond motifs is 9. The monoisotopic (exact) mass is 685 g/mol. The van der Waals surface area contributed by atoms with Gasteiger partial charge in [-0.15, -0.1) is 0 Å². The van der Waals surface area contributed by atoms with Crippen molar-refractivity contribution in [3.8, 4) is 16.8 Å². The predicted octanol–water partition coefficient (Wildman–Crippen LogP) is 13.6. The van der Waals surface area contributed by atoms with Gasteiger partial charge < -0.3 is 4.57 Å². The van der Waals surface area contributed by atoms with Crippen molar-refractivity contribution in [3.05, 3.63) is 163 Å². The van der Waals surface area contributed by atoms with E-state index in [2.05, 4.69) is 207 Å². The van der Waals surface area contributed by atoms with Crippen molar-refractivity contribution in [1.29, 1.82) is 0 Å². The van der Waals surface area contributed by atoms with E-state index in [1.54, 1.807) is 0 Å². The lowest BCUT2D eigenvalue weighted by atomic mass is 9.86. The van der Waals surface area contributed by atoms with Gasteiger partial charge in [-0.3, -0.25) is 0 Å². The van der Waals surface area contributed by atoms with Crippen molar-refractivity contribution in [2.45, 2.75) is 52.4 Å². The first kappa shape index (κ1) is 31.7. The van der Waals surface area contributed by atoms with Gasteiger partial charge in [-0.1, -0.05) is 120 Å². The first-order chi connectivity index (χ1) is 25.6. The SMILES string of the molecule is CC(C)(C)c1ccc2c(c1)c1cc(-c3ccc4c(c3)c3cc(C(C)(C)C)ccc3n4-n3c4ccccc4c4ccccc43)ccc1n2-c1ccccc1. The van der Waals surface area contributed by atoms with Gasteiger partial charge in [-0.25, -0.2) is 9.35 Å². The number of rotatable bonds is 3. The third-order valence-electron chi connectivity index (χ3n) is 11.3. The van der Waals surface area contributed by atoms with Crippen LogP contribution >= 0.6 is 0 Å². The Morgan fingerprint density at radius 3 is 1.23 bits per heavy atom. The summed E-state index contributed by atoms with van der Waals surface area (Å²) in [5, 5.41) is 7.62. The highest BCUT2D eigenvalue weighted by Gasteiger charge is 2.22. The summed E-state index contributed by atoms with van der Waals surface area (Å²) >= 11 is 0. The zero-order chi connectivity index (χ0) is 36.2. The van der Waals surface area contributed by atoms with Crippen molar-refractivity contribution < 1.29 is 0 Å². The van der Waals surface area contributed by atoms with Crippen molar-refractivity contribution in [2.24, 2.45) is 0 Å². The van der Waals surface area contributed by atoms with E-state index in [9.17, 15) is 0 Å². The third-order valence-corrected chi connectivity index (χ3v) is 11.3. The van der Waals surface area contributed by atoms with Crippen molar-refractivity contribution in [2.75, 3.05) is 0 Å². The number of para-hydroxylation sites is 3. The highest BCUT2D eigenvalue weighted by atomic mass is 15.5. The van der Waals surface area contributed by atoms with Gasteiger partial charge in [0.25, 0.3) is 0 Å². The van der Waals surface area contributed by atoms with Crippen LogP contribution in [-0.4, -0.2) is 13.9 Å².